The summed E-state index contributed by atoms with van der Waals surface area (Å²) in [7, 11) is 0. The molecule has 0 atom stereocenters. The van der Waals surface area contributed by atoms with Crippen LogP contribution in [0.15, 0.2) is 243 Å². The van der Waals surface area contributed by atoms with E-state index in [4.69, 9.17) is 138 Å². The van der Waals surface area contributed by atoms with Gasteiger partial charge in [0.2, 0.25) is 5.24 Å². The lowest BCUT2D eigenvalue weighted by Crippen LogP contribution is -2.37. The van der Waals surface area contributed by atoms with E-state index in [-0.39, 0.29) is 94.7 Å². The first-order valence-electron chi connectivity index (χ1n) is 39.1. The number of carboxylic acid groups (broad SMARTS) is 1. The van der Waals surface area contributed by atoms with Crippen LogP contribution < -0.4 is 42.6 Å². The number of carbonyl (C=O) groups excluding carboxylic acids is 18. The van der Waals surface area contributed by atoms with Gasteiger partial charge in [-0.15, -0.1) is 5.06 Å². The molecule has 4 fully saturated rings. The first kappa shape index (κ1) is 122. The Morgan fingerprint density at radius 3 is 0.678 bits per heavy atom. The fourth-order valence-corrected chi connectivity index (χ4v) is 9.82. The van der Waals surface area contributed by atoms with E-state index in [0.29, 0.717) is 45.3 Å². The number of aryl methyl sites for hydroxylation is 3. The SMILES string of the molecule is CC(=O)Cl.CC(Cl)(Cl)OC(=O)OC(Cl)(Cl)Cl.Cc1ccc(OC(=O)Cl)cc1.Cc1ccc(OC(=O)Cl)cc1.Cc1ccc(OC(=O)Oc2ccc([N+](=O)[O-])cc2)cc1.O=C(Cl)ON1C(=O)CCC1=O.O=C(Cl)Oc1ccccc1.O=C(O)ON1C(=O)CCC1=O.O=C(ON1C(=O)CCC1=O)ON1C(=O)CCC1=O.O=C(Oc1ccccc1)Oc1ccc([N+](=O)[O-])cc1.O=C(Oc1ccccc1)Oc1ccccc1. The molecule has 13 rings (SSSR count). The summed E-state index contributed by atoms with van der Waals surface area (Å²) in [6.45, 7) is 8.31. The number of ether oxygens (including phenoxy) is 11. The molecule has 4 heterocycles. The smallest absolute Gasteiger partial charge is 0.448 e. The number of hydrogen-bond acceptors (Lipinski definition) is 38. The van der Waals surface area contributed by atoms with E-state index < -0.39 is 124 Å². The quantitative estimate of drug-likeness (QED) is 0.0178. The summed E-state index contributed by atoms with van der Waals surface area (Å²) in [5, 5.41) is 29.8. The van der Waals surface area contributed by atoms with Crippen LogP contribution in [0.25, 0.3) is 0 Å². The summed E-state index contributed by atoms with van der Waals surface area (Å²) in [6, 6.07) is 65.9. The Labute approximate surface area is 856 Å². The molecule has 143 heavy (non-hydrogen) atoms. The third kappa shape index (κ3) is 55.1. The summed E-state index contributed by atoms with van der Waals surface area (Å²) in [5.74, 6) is -1.65. The second-order valence-electron chi connectivity index (χ2n) is 26.2. The first-order valence-corrected chi connectivity index (χ1v) is 42.9. The van der Waals surface area contributed by atoms with Gasteiger partial charge in [0.1, 0.15) is 51.7 Å². The van der Waals surface area contributed by atoms with Crippen LogP contribution in [0.1, 0.15) is 81.9 Å². The number of nitro groups is 2. The van der Waals surface area contributed by atoms with Crippen molar-refractivity contribution >= 4 is 239 Å². The number of benzene rings is 9. The number of amides is 8. The van der Waals surface area contributed by atoms with Crippen molar-refractivity contribution in [3.63, 3.8) is 0 Å². The Hall–Kier alpha value is -15.6. The number of hydrogen-bond donors (Lipinski definition) is 1. The molecule has 55 heteroatoms. The van der Waals surface area contributed by atoms with Gasteiger partial charge < -0.3 is 62.0 Å². The zero-order chi connectivity index (χ0) is 107. The summed E-state index contributed by atoms with van der Waals surface area (Å²) in [6.07, 6.45) is -7.02. The molecule has 0 aliphatic carbocycles. The minimum atomic E-state index is -2.18. The van der Waals surface area contributed by atoms with Gasteiger partial charge in [-0.05, 0) is 176 Å². The minimum absolute atomic E-state index is 0.0200. The van der Waals surface area contributed by atoms with E-state index in [0.717, 1.165) is 16.7 Å². The van der Waals surface area contributed by atoms with Crippen LogP contribution in [0.4, 0.5) is 59.3 Å². The maximum atomic E-state index is 11.5. The van der Waals surface area contributed by atoms with E-state index in [1.165, 1.54) is 62.4 Å². The maximum absolute atomic E-state index is 11.5. The van der Waals surface area contributed by atoms with Gasteiger partial charge in [-0.1, -0.05) is 164 Å². The van der Waals surface area contributed by atoms with Crippen LogP contribution in [-0.4, -0.2) is 155 Å². The highest BCUT2D eigenvalue weighted by atomic mass is 35.6. The molecule has 0 bridgehead atoms. The number of para-hydroxylation sites is 4. The van der Waals surface area contributed by atoms with E-state index in [9.17, 15) is 111 Å². The Balaban J connectivity index is 0.000000410. The van der Waals surface area contributed by atoms with Crippen molar-refractivity contribution in [2.24, 2.45) is 0 Å². The third-order valence-electron chi connectivity index (χ3n) is 15.1. The Morgan fingerprint density at radius 2 is 0.483 bits per heavy atom. The number of halogens is 10. The monoisotopic (exact) mass is 2190 g/mol. The molecule has 9 aromatic rings. The van der Waals surface area contributed by atoms with E-state index in [1.54, 1.807) is 152 Å². The molecule has 758 valence electrons. The van der Waals surface area contributed by atoms with Crippen LogP contribution in [0, 0.1) is 41.0 Å². The second kappa shape index (κ2) is 63.9. The van der Waals surface area contributed by atoms with Crippen molar-refractivity contribution in [1.82, 2.24) is 20.3 Å². The van der Waals surface area contributed by atoms with Gasteiger partial charge >= 0.3 is 62.6 Å². The molecule has 0 unspecified atom stereocenters. The maximum Gasteiger partial charge on any atom is 0.560 e. The summed E-state index contributed by atoms with van der Waals surface area (Å²) >= 11 is 50.1. The van der Waals surface area contributed by atoms with Gasteiger partial charge in [0.15, 0.2) is 0 Å². The number of nitrogens with zero attached hydrogens (tertiary/aromatic N) is 6. The highest BCUT2D eigenvalue weighted by molar-refractivity contribution is 6.66. The molecule has 1 N–H and O–H groups in total. The van der Waals surface area contributed by atoms with Crippen LogP contribution in [0.3, 0.4) is 0 Å². The van der Waals surface area contributed by atoms with E-state index in [2.05, 4.69) is 54.6 Å². The normalized spacial score (nSPS) is 12.2. The number of hydroxylamine groups is 8. The molecule has 45 nitrogen and oxygen atoms in total. The molecule has 4 saturated heterocycles. The zero-order valence-electron chi connectivity index (χ0n) is 73.7. The Morgan fingerprint density at radius 1 is 0.287 bits per heavy atom. The zero-order valence-corrected chi connectivity index (χ0v) is 81.2. The van der Waals surface area contributed by atoms with Gasteiger partial charge in [-0.25, -0.2) is 43.2 Å². The van der Waals surface area contributed by atoms with Gasteiger partial charge in [-0.2, -0.15) is 4.79 Å². The molecule has 0 radical (unpaired) electrons. The molecule has 4 aliphatic rings. The molecule has 8 amide bonds. The second-order valence-corrected chi connectivity index (χ2v) is 31.8. The third-order valence-corrected chi connectivity index (χ3v) is 15.8. The Kier molecular flexibility index (Phi) is 54.3. The number of carbonyl (C=O) groups is 19. The molecule has 9 aromatic carbocycles. The Bertz CT molecular complexity index is 5590. The summed E-state index contributed by atoms with van der Waals surface area (Å²) in [4.78, 5) is 239. The highest BCUT2D eigenvalue weighted by Gasteiger charge is 2.39. The molecule has 0 aromatic heterocycles. The highest BCUT2D eigenvalue weighted by Crippen LogP contribution is 2.31. The van der Waals surface area contributed by atoms with Crippen molar-refractivity contribution in [2.75, 3.05) is 0 Å². The molecular weight excluding hydrogens is 2120 g/mol. The predicted octanol–water partition coefficient (Wildman–Crippen LogP) is 21.6. The number of nitro benzene ring substituents is 2. The van der Waals surface area contributed by atoms with Gasteiger partial charge in [0, 0.05) is 136 Å². The van der Waals surface area contributed by atoms with Gasteiger partial charge in [0.25, 0.3) is 63.2 Å². The van der Waals surface area contributed by atoms with Crippen LogP contribution >= 0.6 is 116 Å². The van der Waals surface area contributed by atoms with Crippen LogP contribution in [0.2, 0.25) is 0 Å². The average Bonchev–Trinajstić information content (AvgIpc) is 1.71. The van der Waals surface area contributed by atoms with Gasteiger partial charge in [0.05, 0.1) is 9.85 Å². The summed E-state index contributed by atoms with van der Waals surface area (Å²) < 4.78 is 47.7. The molecule has 4 aliphatic heterocycles. The average molecular weight is 2190 g/mol. The van der Waals surface area contributed by atoms with E-state index in [1.807, 2.05) is 63.2 Å². The number of non-ortho nitro benzene ring substituents is 2. The number of imide groups is 4. The van der Waals surface area contributed by atoms with Crippen molar-refractivity contribution in [1.29, 1.82) is 0 Å². The first-order chi connectivity index (χ1) is 67.2. The van der Waals surface area contributed by atoms with Crippen LogP contribution in [-0.2, 0) is 72.0 Å². The largest absolute Gasteiger partial charge is 0.560 e. The lowest BCUT2D eigenvalue weighted by atomic mass is 10.2. The lowest BCUT2D eigenvalue weighted by molar-refractivity contribution is -0.385. The minimum Gasteiger partial charge on any atom is -0.448 e. The fraction of sp³-hybridized carbons (Fsp3) is 0.170. The van der Waals surface area contributed by atoms with E-state index >= 15 is 0 Å². The predicted molar refractivity (Wildman–Crippen MR) is 499 cm³/mol. The molecular formula is C88H72Cl10N6O39. The van der Waals surface area contributed by atoms with Crippen molar-refractivity contribution in [3.05, 3.63) is 280 Å². The fourth-order valence-electron chi connectivity index (χ4n) is 9.17. The van der Waals surface area contributed by atoms with Crippen molar-refractivity contribution < 1.29 is 178 Å². The standard InChI is InChI=1S/C14H11NO5.C13H9NO5.C13H10O3.C9H8N2O7.2C8H7ClO2.C7H5ClO2.C5H4ClNO4.C5H5NO5.C4H3Cl5O3.C2H3ClO/c1-10-2-6-12(7-3-10)19-14(16)20-13-8-4-11(5-9-13)15(17)18;15-13(18-11-4-2-1-3-5-11)19-12-8-6-10(7-9-12)14(16)17;14-13(15-11-7-3-1-4-8-11)16-12-9-5-2-6-10-12;12-5-1-2-6(13)10(5)17-9(16)18-11-7(14)3-4-8(11)15;2*1-6-2-4-7(5-3-6)11-8(9)10;8-7(9)10-6-4-2-1-3-5-6;6-5(10)11-7-3(8)1-2-4(7)9;7-3-1-2-4(8)6(3)11-5(9)10;1-3(5,6)11-2(10)12-4(7,8)9;1-2(3)4/h2-9H,1H3;1-9H;1-10H;1-4H2;2*2-5H,1H3;1-5H;1-2H2;1-2H2,(H,9,10);1H3;1H3. The molecule has 0 spiro atoms. The number of rotatable bonds is 16. The van der Waals surface area contributed by atoms with Gasteiger partial charge in [-0.3, -0.25) is 77.9 Å². The number of alkyl halides is 5. The topological polar surface area (TPSA) is 582 Å². The van der Waals surface area contributed by atoms with Crippen molar-refractivity contribution in [3.8, 4) is 51.7 Å². The summed E-state index contributed by atoms with van der Waals surface area (Å²) in [5.41, 5.74) is -0.518. The molecule has 0 saturated carbocycles. The lowest BCUT2D eigenvalue weighted by Gasteiger charge is -2.16. The van der Waals surface area contributed by atoms with Crippen LogP contribution in [0.5, 0.6) is 51.7 Å². The van der Waals surface area contributed by atoms with Crippen molar-refractivity contribution in [2.45, 2.75) is 94.5 Å².